The van der Waals surface area contributed by atoms with Crippen LogP contribution in [-0.4, -0.2) is 27.3 Å². The molecule has 0 saturated heterocycles. The van der Waals surface area contributed by atoms with Gasteiger partial charge in [0.1, 0.15) is 6.04 Å². The summed E-state index contributed by atoms with van der Waals surface area (Å²) in [4.78, 5) is 10.4. The Hall–Kier alpha value is -1.23. The van der Waals surface area contributed by atoms with Crippen molar-refractivity contribution in [2.24, 2.45) is 5.73 Å². The van der Waals surface area contributed by atoms with Crippen LogP contribution in [0.15, 0.2) is 18.2 Å². The first kappa shape index (κ1) is 13.8. The predicted octanol–water partition coefficient (Wildman–Crippen LogP) is 0.0497. The molecule has 1 atom stereocenters. The van der Waals surface area contributed by atoms with Crippen LogP contribution in [0, 0.1) is 0 Å². The number of hydrogen-bond donors (Lipinski definition) is 4. The number of carboxylic acid groups (broad SMARTS) is 1. The Kier molecular flexibility index (Phi) is 5.14. The van der Waals surface area contributed by atoms with E-state index in [0.29, 0.717) is 5.56 Å². The second kappa shape index (κ2) is 5.60. The number of phenolic OH excluding ortho intramolecular Hbond substituents is 2. The summed E-state index contributed by atoms with van der Waals surface area (Å²) < 4.78 is 0. The van der Waals surface area contributed by atoms with Gasteiger partial charge >= 0.3 is 5.97 Å². The van der Waals surface area contributed by atoms with E-state index in [1.54, 1.807) is 0 Å². The number of nitrogens with two attached hydrogens (primary N) is 1. The van der Waals surface area contributed by atoms with Crippen molar-refractivity contribution in [1.29, 1.82) is 0 Å². The molecule has 0 spiro atoms. The molecule has 0 heterocycles. The van der Waals surface area contributed by atoms with E-state index in [9.17, 15) is 4.79 Å². The molecule has 0 aliphatic carbocycles. The van der Waals surface area contributed by atoms with Crippen LogP contribution in [0.5, 0.6) is 11.5 Å². The first-order valence-corrected chi connectivity index (χ1v) is 4.00. The van der Waals surface area contributed by atoms with Crippen molar-refractivity contribution in [1.82, 2.24) is 0 Å². The number of carbonyl (C=O) groups is 1. The number of aliphatic carboxylic acids is 1. The minimum Gasteiger partial charge on any atom is -0.504 e. The molecule has 1 aromatic rings. The van der Waals surface area contributed by atoms with E-state index < -0.39 is 12.0 Å². The van der Waals surface area contributed by atoms with E-state index in [0.717, 1.165) is 0 Å². The number of benzene rings is 1. The van der Waals surface area contributed by atoms with Crippen molar-refractivity contribution >= 4 is 5.97 Å². The van der Waals surface area contributed by atoms with Gasteiger partial charge < -0.3 is 21.1 Å². The number of aromatic hydroxyl groups is 2. The fourth-order valence-electron chi connectivity index (χ4n) is 1.04. The molecule has 0 fully saturated rings. The minimum absolute atomic E-state index is 0. The molecule has 0 bridgehead atoms. The second-order valence-electron chi connectivity index (χ2n) is 2.97. The summed E-state index contributed by atoms with van der Waals surface area (Å²) in [6, 6.07) is 3.09. The van der Waals surface area contributed by atoms with Crippen molar-refractivity contribution in [3.8, 4) is 11.5 Å². The summed E-state index contributed by atoms with van der Waals surface area (Å²) in [6.07, 6.45) is 0.114. The molecule has 0 aliphatic heterocycles. The Labute approximate surface area is 97.0 Å². The monoisotopic (exact) mass is 260 g/mol. The summed E-state index contributed by atoms with van der Waals surface area (Å²) in [5, 5.41) is 26.6. The zero-order chi connectivity index (χ0) is 10.7. The summed E-state index contributed by atoms with van der Waals surface area (Å²) in [6.45, 7) is 0. The van der Waals surface area contributed by atoms with E-state index in [4.69, 9.17) is 21.1 Å². The molecular formula is C9H11CuNO4. The average Bonchev–Trinajstić information content (AvgIpc) is 2.11. The Bertz CT molecular complexity index is 356. The maximum Gasteiger partial charge on any atom is 0.320 e. The van der Waals surface area contributed by atoms with Crippen LogP contribution < -0.4 is 5.73 Å². The molecule has 0 amide bonds. The second-order valence-corrected chi connectivity index (χ2v) is 2.97. The normalized spacial score (nSPS) is 11.5. The Morgan fingerprint density at radius 3 is 2.40 bits per heavy atom. The average molecular weight is 261 g/mol. The van der Waals surface area contributed by atoms with Gasteiger partial charge in [0.25, 0.3) is 0 Å². The maximum atomic E-state index is 10.4. The first-order valence-electron chi connectivity index (χ1n) is 4.00. The Balaban J connectivity index is 0.00000196. The van der Waals surface area contributed by atoms with Crippen molar-refractivity contribution in [2.45, 2.75) is 12.5 Å². The van der Waals surface area contributed by atoms with Gasteiger partial charge in [0, 0.05) is 17.1 Å². The molecule has 15 heavy (non-hydrogen) atoms. The smallest absolute Gasteiger partial charge is 0.320 e. The van der Waals surface area contributed by atoms with Gasteiger partial charge in [-0.1, -0.05) is 6.07 Å². The van der Waals surface area contributed by atoms with E-state index in [2.05, 4.69) is 0 Å². The third-order valence-electron chi connectivity index (χ3n) is 1.81. The quantitative estimate of drug-likeness (QED) is 0.454. The van der Waals surface area contributed by atoms with Gasteiger partial charge in [-0.2, -0.15) is 0 Å². The van der Waals surface area contributed by atoms with Gasteiger partial charge in [0.05, 0.1) is 0 Å². The minimum atomic E-state index is -1.10. The fourth-order valence-corrected chi connectivity index (χ4v) is 1.04. The summed E-state index contributed by atoms with van der Waals surface area (Å²) in [7, 11) is 0. The fraction of sp³-hybridized carbons (Fsp3) is 0.222. The number of rotatable bonds is 3. The summed E-state index contributed by atoms with van der Waals surface area (Å²) in [5.41, 5.74) is 5.86. The van der Waals surface area contributed by atoms with Crippen LogP contribution in [-0.2, 0) is 28.3 Å². The van der Waals surface area contributed by atoms with Gasteiger partial charge in [-0.05, 0) is 24.1 Å². The van der Waals surface area contributed by atoms with E-state index in [1.807, 2.05) is 0 Å². The number of phenols is 2. The van der Waals surface area contributed by atoms with Crippen molar-refractivity contribution in [3.63, 3.8) is 0 Å². The topological polar surface area (TPSA) is 104 Å². The van der Waals surface area contributed by atoms with Gasteiger partial charge in [-0.25, -0.2) is 0 Å². The zero-order valence-electron chi connectivity index (χ0n) is 7.65. The maximum absolute atomic E-state index is 10.4. The summed E-state index contributed by atoms with van der Waals surface area (Å²) >= 11 is 0. The van der Waals surface area contributed by atoms with Crippen LogP contribution >= 0.6 is 0 Å². The number of hydrogen-bond acceptors (Lipinski definition) is 4. The molecule has 0 aromatic heterocycles. The zero-order valence-corrected chi connectivity index (χ0v) is 8.59. The van der Waals surface area contributed by atoms with E-state index in [1.165, 1.54) is 18.2 Å². The first-order chi connectivity index (χ1) is 6.50. The number of carboxylic acids is 1. The largest absolute Gasteiger partial charge is 0.504 e. The molecule has 5 N–H and O–H groups in total. The van der Waals surface area contributed by atoms with Gasteiger partial charge in [0.2, 0.25) is 0 Å². The van der Waals surface area contributed by atoms with Crippen LogP contribution in [0.2, 0.25) is 0 Å². The Morgan fingerprint density at radius 1 is 1.33 bits per heavy atom. The molecular weight excluding hydrogens is 250 g/mol. The van der Waals surface area contributed by atoms with E-state index >= 15 is 0 Å². The molecule has 0 aliphatic rings. The van der Waals surface area contributed by atoms with Crippen LogP contribution in [0.25, 0.3) is 0 Å². The van der Waals surface area contributed by atoms with Crippen molar-refractivity contribution in [2.75, 3.05) is 0 Å². The van der Waals surface area contributed by atoms with Crippen LogP contribution in [0.3, 0.4) is 0 Å². The molecule has 5 nitrogen and oxygen atoms in total. The van der Waals surface area contributed by atoms with E-state index in [-0.39, 0.29) is 35.0 Å². The SMILES string of the molecule is N[C@@H](Cc1ccc(O)c(O)c1)C(=O)O.[Cu]. The summed E-state index contributed by atoms with van der Waals surface area (Å²) in [5.74, 6) is -1.62. The molecule has 1 radical (unpaired) electrons. The van der Waals surface area contributed by atoms with Gasteiger partial charge in [-0.3, -0.25) is 4.79 Å². The van der Waals surface area contributed by atoms with Crippen LogP contribution in [0.4, 0.5) is 0 Å². The molecule has 0 saturated carbocycles. The molecule has 6 heteroatoms. The molecule has 1 aromatic carbocycles. The van der Waals surface area contributed by atoms with Crippen LogP contribution in [0.1, 0.15) is 5.56 Å². The Morgan fingerprint density at radius 2 is 1.93 bits per heavy atom. The molecule has 87 valence electrons. The molecule has 1 rings (SSSR count). The van der Waals surface area contributed by atoms with Crippen molar-refractivity contribution < 1.29 is 37.2 Å². The third kappa shape index (κ3) is 3.79. The standard InChI is InChI=1S/C9H11NO4.Cu/c10-6(9(13)14)3-5-1-2-7(11)8(12)4-5;/h1-2,4,6,11-12H,3,10H2,(H,13,14);/t6-;/m0./s1. The predicted molar refractivity (Wildman–Crippen MR) is 49.1 cm³/mol. The third-order valence-corrected chi connectivity index (χ3v) is 1.81. The van der Waals surface area contributed by atoms with Gasteiger partial charge in [0.15, 0.2) is 11.5 Å². The van der Waals surface area contributed by atoms with Crippen molar-refractivity contribution in [3.05, 3.63) is 23.8 Å². The molecule has 0 unspecified atom stereocenters. The van der Waals surface area contributed by atoms with Gasteiger partial charge in [-0.15, -0.1) is 0 Å².